The molecule has 0 aromatic rings. The standard InChI is InChI=1S/C10H18FN3O2.ClH/c1-7(12)14-6-8(11)4-3-5-10(2,13)9(15)16;/h4H,3,5-6,13H2,1-2H3,(H2,12,14)(H,15,16);1H/b8-4+;. The Balaban J connectivity index is 0. The van der Waals surface area contributed by atoms with Crippen molar-refractivity contribution in [3.8, 4) is 0 Å². The second kappa shape index (κ2) is 8.03. The van der Waals surface area contributed by atoms with Gasteiger partial charge in [0.25, 0.3) is 0 Å². The van der Waals surface area contributed by atoms with Gasteiger partial charge in [0.15, 0.2) is 0 Å². The molecule has 0 bridgehead atoms. The van der Waals surface area contributed by atoms with Crippen LogP contribution in [0.2, 0.25) is 0 Å². The van der Waals surface area contributed by atoms with E-state index in [4.69, 9.17) is 16.6 Å². The number of amidine groups is 1. The minimum atomic E-state index is -1.33. The summed E-state index contributed by atoms with van der Waals surface area (Å²) in [6.07, 6.45) is 1.70. The van der Waals surface area contributed by atoms with Gasteiger partial charge in [-0.3, -0.25) is 9.79 Å². The molecular weight excluding hydrogens is 249 g/mol. The van der Waals surface area contributed by atoms with Gasteiger partial charge in [-0.25, -0.2) is 4.39 Å². The summed E-state index contributed by atoms with van der Waals surface area (Å²) in [5.41, 5.74) is 9.38. The number of rotatable bonds is 6. The van der Waals surface area contributed by atoms with Crippen molar-refractivity contribution >= 4 is 24.2 Å². The molecule has 0 heterocycles. The summed E-state index contributed by atoms with van der Waals surface area (Å²) in [6.45, 7) is 2.84. The Labute approximate surface area is 106 Å². The van der Waals surface area contributed by atoms with Crippen molar-refractivity contribution in [3.63, 3.8) is 0 Å². The summed E-state index contributed by atoms with van der Waals surface area (Å²) in [6, 6.07) is 0. The first-order valence-corrected chi connectivity index (χ1v) is 4.89. The molecule has 0 aromatic heterocycles. The first kappa shape index (κ1) is 18.2. The van der Waals surface area contributed by atoms with Crippen LogP contribution in [0.25, 0.3) is 0 Å². The predicted octanol–water partition coefficient (Wildman–Crippen LogP) is 1.22. The maximum atomic E-state index is 13.0. The summed E-state index contributed by atoms with van der Waals surface area (Å²) in [5, 5.41) is 8.70. The van der Waals surface area contributed by atoms with E-state index in [2.05, 4.69) is 4.99 Å². The van der Waals surface area contributed by atoms with Crippen molar-refractivity contribution in [2.75, 3.05) is 6.54 Å². The molecule has 1 unspecified atom stereocenters. The smallest absolute Gasteiger partial charge is 0.323 e. The highest BCUT2D eigenvalue weighted by atomic mass is 35.5. The molecule has 5 nitrogen and oxygen atoms in total. The molecular formula is C10H19ClFN3O2. The predicted molar refractivity (Wildman–Crippen MR) is 68.1 cm³/mol. The quantitative estimate of drug-likeness (QED) is 0.497. The van der Waals surface area contributed by atoms with Gasteiger partial charge in [0.05, 0.1) is 12.4 Å². The van der Waals surface area contributed by atoms with Crippen molar-refractivity contribution in [1.82, 2.24) is 0 Å². The Bertz CT molecular complexity index is 313. The van der Waals surface area contributed by atoms with E-state index in [-0.39, 0.29) is 31.8 Å². The minimum Gasteiger partial charge on any atom is -0.480 e. The van der Waals surface area contributed by atoms with E-state index in [1.807, 2.05) is 0 Å². The van der Waals surface area contributed by atoms with Gasteiger partial charge in [0, 0.05) is 0 Å². The molecule has 0 aliphatic heterocycles. The van der Waals surface area contributed by atoms with Crippen LogP contribution in [0.15, 0.2) is 16.9 Å². The lowest BCUT2D eigenvalue weighted by Crippen LogP contribution is -2.44. The zero-order valence-corrected chi connectivity index (χ0v) is 10.8. The monoisotopic (exact) mass is 267 g/mol. The number of carboxylic acid groups (broad SMARTS) is 1. The van der Waals surface area contributed by atoms with Gasteiger partial charge in [0.2, 0.25) is 0 Å². The van der Waals surface area contributed by atoms with Crippen molar-refractivity contribution in [2.24, 2.45) is 16.5 Å². The molecule has 1 atom stereocenters. The lowest BCUT2D eigenvalue weighted by atomic mass is 9.97. The number of hydrogen-bond acceptors (Lipinski definition) is 3. The maximum absolute atomic E-state index is 13.0. The first-order valence-electron chi connectivity index (χ1n) is 4.89. The van der Waals surface area contributed by atoms with Crippen molar-refractivity contribution in [1.29, 1.82) is 0 Å². The third-order valence-corrected chi connectivity index (χ3v) is 2.00. The zero-order valence-electron chi connectivity index (χ0n) is 9.94. The Kier molecular flexibility index (Phi) is 8.61. The van der Waals surface area contributed by atoms with E-state index in [9.17, 15) is 9.18 Å². The van der Waals surface area contributed by atoms with E-state index >= 15 is 0 Å². The van der Waals surface area contributed by atoms with Gasteiger partial charge < -0.3 is 16.6 Å². The van der Waals surface area contributed by atoms with Gasteiger partial charge in [-0.1, -0.05) is 6.08 Å². The fourth-order valence-corrected chi connectivity index (χ4v) is 0.900. The van der Waals surface area contributed by atoms with E-state index in [1.165, 1.54) is 13.0 Å². The fraction of sp³-hybridized carbons (Fsp3) is 0.600. The van der Waals surface area contributed by atoms with Crippen LogP contribution in [0, 0.1) is 0 Å². The lowest BCUT2D eigenvalue weighted by molar-refractivity contribution is -0.142. The number of aliphatic imine (C=N–C) groups is 1. The highest BCUT2D eigenvalue weighted by Gasteiger charge is 2.26. The van der Waals surface area contributed by atoms with Crippen LogP contribution in [-0.4, -0.2) is 29.0 Å². The molecule has 0 spiro atoms. The summed E-state index contributed by atoms with van der Waals surface area (Å²) in [4.78, 5) is 14.3. The van der Waals surface area contributed by atoms with Crippen molar-refractivity contribution < 1.29 is 14.3 Å². The van der Waals surface area contributed by atoms with E-state index < -0.39 is 17.3 Å². The van der Waals surface area contributed by atoms with Crippen LogP contribution in [0.3, 0.4) is 0 Å². The maximum Gasteiger partial charge on any atom is 0.323 e. The van der Waals surface area contributed by atoms with E-state index in [0.717, 1.165) is 0 Å². The van der Waals surface area contributed by atoms with Gasteiger partial charge in [-0.2, -0.15) is 0 Å². The minimum absolute atomic E-state index is 0. The molecule has 0 rings (SSSR count). The molecule has 0 amide bonds. The fourth-order valence-electron chi connectivity index (χ4n) is 0.900. The summed E-state index contributed by atoms with van der Waals surface area (Å²) in [7, 11) is 0. The third kappa shape index (κ3) is 8.65. The van der Waals surface area contributed by atoms with Gasteiger partial charge in [-0.05, 0) is 26.7 Å². The topological polar surface area (TPSA) is 102 Å². The van der Waals surface area contributed by atoms with Crippen LogP contribution >= 0.6 is 12.4 Å². The second-order valence-corrected chi connectivity index (χ2v) is 3.87. The number of carbonyl (C=O) groups is 1. The average Bonchev–Trinajstić information content (AvgIpc) is 2.14. The molecule has 7 heteroatoms. The van der Waals surface area contributed by atoms with Crippen LogP contribution in [0.5, 0.6) is 0 Å². The Morgan fingerprint density at radius 1 is 1.59 bits per heavy atom. The number of hydrogen-bond donors (Lipinski definition) is 3. The van der Waals surface area contributed by atoms with Crippen LogP contribution < -0.4 is 11.5 Å². The second-order valence-electron chi connectivity index (χ2n) is 3.87. The number of nitrogens with two attached hydrogens (primary N) is 2. The van der Waals surface area contributed by atoms with E-state index in [1.54, 1.807) is 6.92 Å². The van der Waals surface area contributed by atoms with Gasteiger partial charge >= 0.3 is 5.97 Å². The van der Waals surface area contributed by atoms with E-state index in [0.29, 0.717) is 5.84 Å². The molecule has 100 valence electrons. The molecule has 5 N–H and O–H groups in total. The molecule has 0 saturated heterocycles. The number of carboxylic acids is 1. The summed E-state index contributed by atoms with van der Waals surface area (Å²) < 4.78 is 13.0. The zero-order chi connectivity index (χ0) is 12.8. The molecule has 0 aromatic carbocycles. The largest absolute Gasteiger partial charge is 0.480 e. The van der Waals surface area contributed by atoms with Crippen molar-refractivity contribution in [3.05, 3.63) is 11.9 Å². The molecule has 0 aliphatic rings. The Morgan fingerprint density at radius 2 is 2.12 bits per heavy atom. The SMILES string of the molecule is CC(N)=NC/C(F)=C\CCC(C)(N)C(=O)O.Cl. The molecule has 0 aliphatic carbocycles. The number of halogens is 2. The summed E-state index contributed by atoms with van der Waals surface area (Å²) >= 11 is 0. The highest BCUT2D eigenvalue weighted by Crippen LogP contribution is 2.11. The Morgan fingerprint density at radius 3 is 2.53 bits per heavy atom. The first-order chi connectivity index (χ1) is 7.25. The van der Waals surface area contributed by atoms with Crippen molar-refractivity contribution in [2.45, 2.75) is 32.2 Å². The number of aliphatic carboxylic acids is 1. The normalized spacial score (nSPS) is 16.0. The number of allylic oxidation sites excluding steroid dienone is 1. The van der Waals surface area contributed by atoms with Gasteiger partial charge in [-0.15, -0.1) is 12.4 Å². The van der Waals surface area contributed by atoms with Crippen LogP contribution in [-0.2, 0) is 4.79 Å². The highest BCUT2D eigenvalue weighted by molar-refractivity contribution is 5.85. The van der Waals surface area contributed by atoms with Crippen LogP contribution in [0.4, 0.5) is 4.39 Å². The number of nitrogens with zero attached hydrogens (tertiary/aromatic N) is 1. The summed E-state index contributed by atoms with van der Waals surface area (Å²) in [5.74, 6) is -1.24. The Hall–Kier alpha value is -1.14. The lowest BCUT2D eigenvalue weighted by Gasteiger charge is -2.17. The van der Waals surface area contributed by atoms with Crippen LogP contribution in [0.1, 0.15) is 26.7 Å². The molecule has 0 saturated carbocycles. The van der Waals surface area contributed by atoms with Gasteiger partial charge in [0.1, 0.15) is 11.4 Å². The molecule has 17 heavy (non-hydrogen) atoms. The molecule has 0 radical (unpaired) electrons. The third-order valence-electron chi connectivity index (χ3n) is 2.00. The molecule has 0 fully saturated rings. The average molecular weight is 268 g/mol.